The summed E-state index contributed by atoms with van der Waals surface area (Å²) in [7, 11) is 0. The Morgan fingerprint density at radius 1 is 0.917 bits per heavy atom. The molecule has 0 aliphatic carbocycles. The van der Waals surface area contributed by atoms with E-state index in [9.17, 15) is 9.90 Å². The number of carbonyl (C=O) groups excluding carboxylic acids is 1. The average molecular weight is 328 g/mol. The van der Waals surface area contributed by atoms with Gasteiger partial charge in [-0.1, -0.05) is 60.7 Å². The summed E-state index contributed by atoms with van der Waals surface area (Å²) in [5.41, 5.74) is 2.00. The largest absolute Gasteiger partial charge is 0.393 e. The number of hydrogen-bond acceptors (Lipinski definition) is 4. The smallest absolute Gasteiger partial charge is 0.151 e. The van der Waals surface area contributed by atoms with Gasteiger partial charge >= 0.3 is 0 Å². The first-order valence-corrected chi connectivity index (χ1v) is 8.13. The van der Waals surface area contributed by atoms with Crippen LogP contribution in [-0.2, 0) is 27.5 Å². The molecular formula is C20H24O4. The Labute approximate surface area is 143 Å². The maximum atomic E-state index is 11.5. The predicted molar refractivity (Wildman–Crippen MR) is 92.4 cm³/mol. The molecule has 3 atom stereocenters. The molecule has 2 rings (SSSR count). The quantitative estimate of drug-likeness (QED) is 0.681. The van der Waals surface area contributed by atoms with Crippen molar-refractivity contribution in [3.05, 3.63) is 71.8 Å². The van der Waals surface area contributed by atoms with Gasteiger partial charge in [0.15, 0.2) is 6.29 Å². The van der Waals surface area contributed by atoms with Crippen molar-refractivity contribution < 1.29 is 19.4 Å². The fourth-order valence-corrected chi connectivity index (χ4v) is 2.41. The van der Waals surface area contributed by atoms with Crippen molar-refractivity contribution in [3.63, 3.8) is 0 Å². The SMILES string of the molecule is CC(O)CC(OCc1ccccc1)C(C=O)OCc1ccccc1. The van der Waals surface area contributed by atoms with Gasteiger partial charge in [0.25, 0.3) is 0 Å². The highest BCUT2D eigenvalue weighted by molar-refractivity contribution is 5.57. The molecule has 0 bridgehead atoms. The fraction of sp³-hybridized carbons (Fsp3) is 0.350. The maximum absolute atomic E-state index is 11.5. The summed E-state index contributed by atoms with van der Waals surface area (Å²) in [6, 6.07) is 19.4. The van der Waals surface area contributed by atoms with Crippen molar-refractivity contribution in [1.29, 1.82) is 0 Å². The van der Waals surface area contributed by atoms with Crippen LogP contribution in [0.1, 0.15) is 24.5 Å². The first-order valence-electron chi connectivity index (χ1n) is 8.13. The number of hydrogen-bond donors (Lipinski definition) is 1. The van der Waals surface area contributed by atoms with Crippen LogP contribution in [0.4, 0.5) is 0 Å². The molecule has 0 aliphatic rings. The van der Waals surface area contributed by atoms with Gasteiger partial charge in [-0.25, -0.2) is 0 Å². The Hall–Kier alpha value is -2.01. The highest BCUT2D eigenvalue weighted by atomic mass is 16.5. The van der Waals surface area contributed by atoms with Gasteiger partial charge in [0, 0.05) is 6.42 Å². The highest BCUT2D eigenvalue weighted by Gasteiger charge is 2.24. The molecule has 0 heterocycles. The van der Waals surface area contributed by atoms with Crippen LogP contribution in [0.5, 0.6) is 0 Å². The average Bonchev–Trinajstić information content (AvgIpc) is 2.61. The maximum Gasteiger partial charge on any atom is 0.151 e. The van der Waals surface area contributed by atoms with Crippen LogP contribution in [0.3, 0.4) is 0 Å². The molecule has 4 heteroatoms. The Morgan fingerprint density at radius 2 is 1.42 bits per heavy atom. The molecule has 3 unspecified atom stereocenters. The molecule has 2 aromatic rings. The van der Waals surface area contributed by atoms with Crippen molar-refractivity contribution in [2.45, 2.75) is 44.9 Å². The van der Waals surface area contributed by atoms with Gasteiger partial charge in [0.2, 0.25) is 0 Å². The normalized spacial score (nSPS) is 14.8. The second-order valence-corrected chi connectivity index (χ2v) is 5.82. The van der Waals surface area contributed by atoms with Crippen molar-refractivity contribution in [3.8, 4) is 0 Å². The first kappa shape index (κ1) is 18.3. The molecule has 128 valence electrons. The van der Waals surface area contributed by atoms with E-state index in [4.69, 9.17) is 9.47 Å². The van der Waals surface area contributed by atoms with E-state index in [0.717, 1.165) is 17.4 Å². The van der Waals surface area contributed by atoms with Gasteiger partial charge in [-0.3, -0.25) is 0 Å². The number of aldehydes is 1. The lowest BCUT2D eigenvalue weighted by Gasteiger charge is -2.25. The molecule has 2 aromatic carbocycles. The second-order valence-electron chi connectivity index (χ2n) is 5.82. The number of ether oxygens (including phenoxy) is 2. The van der Waals surface area contributed by atoms with E-state index in [1.165, 1.54) is 0 Å². The van der Waals surface area contributed by atoms with Crippen LogP contribution >= 0.6 is 0 Å². The van der Waals surface area contributed by atoms with Crippen LogP contribution in [0, 0.1) is 0 Å². The lowest BCUT2D eigenvalue weighted by atomic mass is 10.1. The topological polar surface area (TPSA) is 55.8 Å². The van der Waals surface area contributed by atoms with Crippen LogP contribution in [0.2, 0.25) is 0 Å². The molecule has 0 saturated carbocycles. The Bertz CT molecular complexity index is 583. The van der Waals surface area contributed by atoms with Crippen molar-refractivity contribution in [2.75, 3.05) is 0 Å². The molecule has 0 aliphatic heterocycles. The second kappa shape index (κ2) is 9.98. The summed E-state index contributed by atoms with van der Waals surface area (Å²) in [6.07, 6.45) is -0.699. The Kier molecular flexibility index (Phi) is 7.62. The molecule has 0 aromatic heterocycles. The molecule has 0 radical (unpaired) electrons. The number of carbonyl (C=O) groups is 1. The molecule has 24 heavy (non-hydrogen) atoms. The van der Waals surface area contributed by atoms with Gasteiger partial charge in [-0.05, 0) is 18.1 Å². The van der Waals surface area contributed by atoms with Gasteiger partial charge in [-0.15, -0.1) is 0 Å². The number of benzene rings is 2. The minimum Gasteiger partial charge on any atom is -0.393 e. The predicted octanol–water partition coefficient (Wildman–Crippen LogP) is 3.13. The highest BCUT2D eigenvalue weighted by Crippen LogP contribution is 2.15. The summed E-state index contributed by atoms with van der Waals surface area (Å²) in [6.45, 7) is 2.38. The van der Waals surface area contributed by atoms with Crippen LogP contribution in [0.25, 0.3) is 0 Å². The van der Waals surface area contributed by atoms with E-state index in [1.54, 1.807) is 6.92 Å². The van der Waals surface area contributed by atoms with Crippen molar-refractivity contribution >= 4 is 6.29 Å². The third-order valence-corrected chi connectivity index (χ3v) is 3.67. The zero-order valence-electron chi connectivity index (χ0n) is 13.9. The van der Waals surface area contributed by atoms with Crippen LogP contribution < -0.4 is 0 Å². The summed E-state index contributed by atoms with van der Waals surface area (Å²) in [5.74, 6) is 0. The third-order valence-electron chi connectivity index (χ3n) is 3.67. The molecular weight excluding hydrogens is 304 g/mol. The molecule has 0 fully saturated rings. The minimum atomic E-state index is -0.719. The Morgan fingerprint density at radius 3 is 1.88 bits per heavy atom. The Balaban J connectivity index is 1.96. The summed E-state index contributed by atoms with van der Waals surface area (Å²) in [5, 5.41) is 9.70. The van der Waals surface area contributed by atoms with Gasteiger partial charge in [-0.2, -0.15) is 0 Å². The zero-order valence-corrected chi connectivity index (χ0v) is 13.9. The van der Waals surface area contributed by atoms with Crippen LogP contribution in [-0.4, -0.2) is 29.7 Å². The van der Waals surface area contributed by atoms with Crippen LogP contribution in [0.15, 0.2) is 60.7 Å². The molecule has 0 spiro atoms. The fourth-order valence-electron chi connectivity index (χ4n) is 2.41. The number of aliphatic hydroxyl groups excluding tert-OH is 1. The van der Waals surface area contributed by atoms with Gasteiger partial charge < -0.3 is 19.4 Å². The van der Waals surface area contributed by atoms with E-state index in [-0.39, 0.29) is 0 Å². The molecule has 0 saturated heterocycles. The first-order chi connectivity index (χ1) is 11.7. The molecule has 1 N–H and O–H groups in total. The number of aliphatic hydroxyl groups is 1. The lowest BCUT2D eigenvalue weighted by molar-refractivity contribution is -0.136. The molecule has 0 amide bonds. The monoisotopic (exact) mass is 328 g/mol. The van der Waals surface area contributed by atoms with E-state index in [2.05, 4.69) is 0 Å². The van der Waals surface area contributed by atoms with Crippen molar-refractivity contribution in [1.82, 2.24) is 0 Å². The minimum absolute atomic E-state index is 0.329. The van der Waals surface area contributed by atoms with Gasteiger partial charge in [0.05, 0.1) is 25.4 Å². The summed E-state index contributed by atoms with van der Waals surface area (Å²) >= 11 is 0. The van der Waals surface area contributed by atoms with E-state index in [1.807, 2.05) is 60.7 Å². The summed E-state index contributed by atoms with van der Waals surface area (Å²) in [4.78, 5) is 11.5. The van der Waals surface area contributed by atoms with E-state index in [0.29, 0.717) is 19.6 Å². The lowest BCUT2D eigenvalue weighted by Crippen LogP contribution is -2.35. The van der Waals surface area contributed by atoms with Crippen molar-refractivity contribution in [2.24, 2.45) is 0 Å². The molecule has 4 nitrogen and oxygen atoms in total. The summed E-state index contributed by atoms with van der Waals surface area (Å²) < 4.78 is 11.6. The van der Waals surface area contributed by atoms with E-state index >= 15 is 0 Å². The zero-order chi connectivity index (χ0) is 17.2. The number of rotatable bonds is 10. The van der Waals surface area contributed by atoms with Gasteiger partial charge in [0.1, 0.15) is 6.10 Å². The standard InChI is InChI=1S/C20H24O4/c1-16(22)12-19(23-14-17-8-4-2-5-9-17)20(13-21)24-15-18-10-6-3-7-11-18/h2-11,13,16,19-20,22H,12,14-15H2,1H3. The third kappa shape index (κ3) is 6.24. The van der Waals surface area contributed by atoms with E-state index < -0.39 is 18.3 Å².